The van der Waals surface area contributed by atoms with Crippen LogP contribution in [0, 0.1) is 5.82 Å². The summed E-state index contributed by atoms with van der Waals surface area (Å²) in [5.74, 6) is 0.806. The fourth-order valence-corrected chi connectivity index (χ4v) is 4.40. The molecule has 5 rings (SSSR count). The Bertz CT molecular complexity index is 1240. The van der Waals surface area contributed by atoms with E-state index >= 15 is 0 Å². The zero-order valence-corrected chi connectivity index (χ0v) is 18.4. The average Bonchev–Trinajstić information content (AvgIpc) is 3.49. The molecule has 0 radical (unpaired) electrons. The zero-order chi connectivity index (χ0) is 22.1. The minimum absolute atomic E-state index is 0.0933. The van der Waals surface area contributed by atoms with E-state index in [4.69, 9.17) is 11.6 Å². The van der Waals surface area contributed by atoms with Gasteiger partial charge in [0.2, 0.25) is 5.82 Å². The number of rotatable bonds is 4. The molecule has 1 saturated heterocycles. The number of benzene rings is 1. The van der Waals surface area contributed by atoms with E-state index in [9.17, 15) is 9.18 Å². The van der Waals surface area contributed by atoms with Gasteiger partial charge in [-0.25, -0.2) is 19.0 Å². The van der Waals surface area contributed by atoms with Crippen LogP contribution < -0.4 is 4.90 Å². The number of thiophene rings is 1. The minimum atomic E-state index is -0.380. The predicted molar refractivity (Wildman–Crippen MR) is 122 cm³/mol. The SMILES string of the molecule is O=C(c1nc(-c2cccs2)n(-c2cccc(F)c2)n1)N1CCN(c2ccc(Cl)cn2)CC1. The number of halogens is 2. The number of carbonyl (C=O) groups excluding carboxylic acids is 1. The molecule has 162 valence electrons. The summed E-state index contributed by atoms with van der Waals surface area (Å²) in [6.45, 7) is 2.32. The maximum atomic E-state index is 13.8. The van der Waals surface area contributed by atoms with E-state index in [-0.39, 0.29) is 17.5 Å². The predicted octanol–water partition coefficient (Wildman–Crippen LogP) is 4.15. The first-order valence-electron chi connectivity index (χ1n) is 10.0. The summed E-state index contributed by atoms with van der Waals surface area (Å²) >= 11 is 7.40. The summed E-state index contributed by atoms with van der Waals surface area (Å²) in [5.41, 5.74) is 0.513. The monoisotopic (exact) mass is 468 g/mol. The van der Waals surface area contributed by atoms with Crippen molar-refractivity contribution in [2.75, 3.05) is 31.1 Å². The van der Waals surface area contributed by atoms with Gasteiger partial charge in [0.15, 0.2) is 5.82 Å². The Labute approximate surface area is 192 Å². The number of nitrogens with zero attached hydrogens (tertiary/aromatic N) is 6. The number of hydrogen-bond donors (Lipinski definition) is 0. The van der Waals surface area contributed by atoms with Crippen molar-refractivity contribution in [1.82, 2.24) is 24.6 Å². The van der Waals surface area contributed by atoms with E-state index in [0.717, 1.165) is 10.7 Å². The van der Waals surface area contributed by atoms with Crippen LogP contribution in [-0.2, 0) is 0 Å². The first-order valence-corrected chi connectivity index (χ1v) is 11.3. The smallest absolute Gasteiger partial charge is 0.293 e. The molecule has 1 fully saturated rings. The van der Waals surface area contributed by atoms with Crippen molar-refractivity contribution in [1.29, 1.82) is 0 Å². The average molecular weight is 469 g/mol. The lowest BCUT2D eigenvalue weighted by Crippen LogP contribution is -2.49. The number of aromatic nitrogens is 4. The first-order chi connectivity index (χ1) is 15.6. The highest BCUT2D eigenvalue weighted by atomic mass is 35.5. The second-order valence-electron chi connectivity index (χ2n) is 7.24. The second kappa shape index (κ2) is 8.68. The Balaban J connectivity index is 1.38. The van der Waals surface area contributed by atoms with E-state index < -0.39 is 0 Å². The van der Waals surface area contributed by atoms with Crippen molar-refractivity contribution in [2.24, 2.45) is 0 Å². The molecule has 0 aliphatic carbocycles. The molecular formula is C22H18ClFN6OS. The summed E-state index contributed by atoms with van der Waals surface area (Å²) < 4.78 is 15.4. The standard InChI is InChI=1S/C22H18ClFN6OS/c23-15-6-7-19(25-14-15)28-8-10-29(11-9-28)22(31)20-26-21(18-5-2-12-32-18)30(27-20)17-4-1-3-16(24)13-17/h1-7,12-14H,8-11H2. The van der Waals surface area contributed by atoms with Gasteiger partial charge in [-0.15, -0.1) is 16.4 Å². The molecule has 4 aromatic rings. The lowest BCUT2D eigenvalue weighted by molar-refractivity contribution is 0.0734. The fraction of sp³-hybridized carbons (Fsp3) is 0.182. The Hall–Kier alpha value is -3.30. The first kappa shape index (κ1) is 20.6. The van der Waals surface area contributed by atoms with E-state index in [2.05, 4.69) is 20.0 Å². The summed E-state index contributed by atoms with van der Waals surface area (Å²) in [4.78, 5) is 26.7. The van der Waals surface area contributed by atoms with Crippen LogP contribution in [0.3, 0.4) is 0 Å². The number of anilines is 1. The van der Waals surface area contributed by atoms with Crippen molar-refractivity contribution in [3.05, 3.63) is 76.8 Å². The highest BCUT2D eigenvalue weighted by Crippen LogP contribution is 2.26. The molecule has 0 atom stereocenters. The summed E-state index contributed by atoms with van der Waals surface area (Å²) in [6.07, 6.45) is 1.61. The van der Waals surface area contributed by atoms with Crippen LogP contribution in [0.5, 0.6) is 0 Å². The molecule has 7 nitrogen and oxygen atoms in total. The summed E-state index contributed by atoms with van der Waals surface area (Å²) in [7, 11) is 0. The van der Waals surface area contributed by atoms with Gasteiger partial charge in [0.25, 0.3) is 5.91 Å². The van der Waals surface area contributed by atoms with Gasteiger partial charge in [-0.2, -0.15) is 0 Å². The van der Waals surface area contributed by atoms with Gasteiger partial charge >= 0.3 is 0 Å². The molecule has 4 heterocycles. The Morgan fingerprint density at radius 2 is 1.91 bits per heavy atom. The van der Waals surface area contributed by atoms with Gasteiger partial charge in [-0.05, 0) is 41.8 Å². The van der Waals surface area contributed by atoms with Gasteiger partial charge in [-0.1, -0.05) is 23.7 Å². The fourth-order valence-electron chi connectivity index (χ4n) is 3.59. The number of carbonyl (C=O) groups is 1. The Morgan fingerprint density at radius 1 is 1.06 bits per heavy atom. The molecule has 1 aliphatic heterocycles. The van der Waals surface area contributed by atoms with Gasteiger partial charge in [0.1, 0.15) is 11.6 Å². The third-order valence-electron chi connectivity index (χ3n) is 5.20. The molecule has 32 heavy (non-hydrogen) atoms. The molecule has 1 aliphatic rings. The molecule has 0 unspecified atom stereocenters. The highest BCUT2D eigenvalue weighted by molar-refractivity contribution is 7.13. The molecule has 10 heteroatoms. The van der Waals surface area contributed by atoms with Crippen molar-refractivity contribution in [3.8, 4) is 16.4 Å². The largest absolute Gasteiger partial charge is 0.353 e. The van der Waals surface area contributed by atoms with Gasteiger partial charge in [0, 0.05) is 32.4 Å². The van der Waals surface area contributed by atoms with Crippen molar-refractivity contribution < 1.29 is 9.18 Å². The third kappa shape index (κ3) is 4.09. The maximum Gasteiger partial charge on any atom is 0.293 e. The van der Waals surface area contributed by atoms with Crippen LogP contribution in [0.4, 0.5) is 10.2 Å². The van der Waals surface area contributed by atoms with E-state index in [1.165, 1.54) is 28.2 Å². The number of amides is 1. The Kier molecular flexibility index (Phi) is 5.59. The molecule has 0 saturated carbocycles. The van der Waals surface area contributed by atoms with Gasteiger partial charge < -0.3 is 9.80 Å². The van der Waals surface area contributed by atoms with Gasteiger partial charge in [-0.3, -0.25) is 4.79 Å². The molecule has 0 spiro atoms. The van der Waals surface area contributed by atoms with E-state index in [0.29, 0.717) is 42.7 Å². The summed E-state index contributed by atoms with van der Waals surface area (Å²) in [5, 5.41) is 6.96. The normalized spacial score (nSPS) is 14.1. The highest BCUT2D eigenvalue weighted by Gasteiger charge is 2.27. The van der Waals surface area contributed by atoms with Crippen LogP contribution in [0.25, 0.3) is 16.4 Å². The zero-order valence-electron chi connectivity index (χ0n) is 16.9. The van der Waals surface area contributed by atoms with E-state index in [1.807, 2.05) is 23.6 Å². The summed E-state index contributed by atoms with van der Waals surface area (Å²) in [6, 6.07) is 13.6. The lowest BCUT2D eigenvalue weighted by Gasteiger charge is -2.34. The van der Waals surface area contributed by atoms with E-state index in [1.54, 1.807) is 29.3 Å². The van der Waals surface area contributed by atoms with Crippen LogP contribution >= 0.6 is 22.9 Å². The molecule has 0 N–H and O–H groups in total. The Morgan fingerprint density at radius 3 is 2.59 bits per heavy atom. The molecule has 0 bridgehead atoms. The number of pyridine rings is 1. The maximum absolute atomic E-state index is 13.8. The van der Waals surface area contributed by atoms with Crippen LogP contribution in [-0.4, -0.2) is 56.7 Å². The quantitative estimate of drug-likeness (QED) is 0.450. The number of hydrogen-bond acceptors (Lipinski definition) is 6. The molecule has 3 aromatic heterocycles. The molecule has 1 amide bonds. The van der Waals surface area contributed by atoms with Crippen LogP contribution in [0.15, 0.2) is 60.1 Å². The molecular weight excluding hydrogens is 451 g/mol. The number of piperazine rings is 1. The third-order valence-corrected chi connectivity index (χ3v) is 6.28. The van der Waals surface area contributed by atoms with Gasteiger partial charge in [0.05, 0.1) is 15.6 Å². The molecule has 1 aromatic carbocycles. The van der Waals surface area contributed by atoms with Crippen molar-refractivity contribution in [2.45, 2.75) is 0 Å². The second-order valence-corrected chi connectivity index (χ2v) is 8.63. The van der Waals surface area contributed by atoms with Crippen molar-refractivity contribution >= 4 is 34.7 Å². The van der Waals surface area contributed by atoms with Crippen molar-refractivity contribution in [3.63, 3.8) is 0 Å². The minimum Gasteiger partial charge on any atom is -0.353 e. The topological polar surface area (TPSA) is 67.2 Å². The van der Waals surface area contributed by atoms with Crippen LogP contribution in [0.1, 0.15) is 10.6 Å². The van der Waals surface area contributed by atoms with Crippen LogP contribution in [0.2, 0.25) is 5.02 Å². The lowest BCUT2D eigenvalue weighted by atomic mass is 10.3.